The van der Waals surface area contributed by atoms with Crippen LogP contribution in [-0.2, 0) is 17.7 Å². The van der Waals surface area contributed by atoms with Gasteiger partial charge in [0.25, 0.3) is 0 Å². The summed E-state index contributed by atoms with van der Waals surface area (Å²) < 4.78 is 5.68. The molecule has 1 fully saturated rings. The molecular weight excluding hydrogens is 232 g/mol. The van der Waals surface area contributed by atoms with Crippen LogP contribution in [0.2, 0.25) is 0 Å². The summed E-state index contributed by atoms with van der Waals surface area (Å²) in [5.41, 5.74) is 1.26. The minimum Gasteiger partial charge on any atom is -0.378 e. The van der Waals surface area contributed by atoms with E-state index in [0.717, 1.165) is 19.6 Å². The predicted octanol–water partition coefficient (Wildman–Crippen LogP) is 2.71. The second-order valence-electron chi connectivity index (χ2n) is 4.94. The van der Waals surface area contributed by atoms with Crippen molar-refractivity contribution in [2.75, 3.05) is 13.7 Å². The lowest BCUT2D eigenvalue weighted by Crippen LogP contribution is -2.08. The number of aromatic nitrogens is 1. The van der Waals surface area contributed by atoms with Crippen LogP contribution in [0.25, 0.3) is 0 Å². The van der Waals surface area contributed by atoms with Crippen LogP contribution < -0.4 is 5.32 Å². The maximum Gasteiger partial charge on any atom is 0.0957 e. The van der Waals surface area contributed by atoms with E-state index >= 15 is 0 Å². The lowest BCUT2D eigenvalue weighted by molar-refractivity contribution is 0.111. The van der Waals surface area contributed by atoms with Crippen LogP contribution in [0.1, 0.15) is 48.2 Å². The van der Waals surface area contributed by atoms with Gasteiger partial charge >= 0.3 is 0 Å². The Morgan fingerprint density at radius 1 is 1.53 bits per heavy atom. The molecule has 1 atom stereocenters. The van der Waals surface area contributed by atoms with Crippen LogP contribution >= 0.6 is 11.3 Å². The summed E-state index contributed by atoms with van der Waals surface area (Å²) in [5.74, 6) is 0.507. The van der Waals surface area contributed by atoms with E-state index in [1.54, 1.807) is 0 Å². The van der Waals surface area contributed by atoms with Gasteiger partial charge in [-0.1, -0.05) is 13.8 Å². The van der Waals surface area contributed by atoms with Gasteiger partial charge in [-0.25, -0.2) is 4.98 Å². The number of hydrogen-bond donors (Lipinski definition) is 1. The first-order valence-corrected chi connectivity index (χ1v) is 7.27. The summed E-state index contributed by atoms with van der Waals surface area (Å²) in [4.78, 5) is 6.18. The maximum atomic E-state index is 5.68. The van der Waals surface area contributed by atoms with Crippen molar-refractivity contribution in [3.05, 3.63) is 15.6 Å². The van der Waals surface area contributed by atoms with Gasteiger partial charge in [0.15, 0.2) is 0 Å². The summed E-state index contributed by atoms with van der Waals surface area (Å²) in [6.45, 7) is 6.28. The van der Waals surface area contributed by atoms with Crippen molar-refractivity contribution in [2.24, 2.45) is 0 Å². The van der Waals surface area contributed by atoms with Crippen LogP contribution in [0.5, 0.6) is 0 Å². The highest BCUT2D eigenvalue weighted by molar-refractivity contribution is 7.11. The predicted molar refractivity (Wildman–Crippen MR) is 71.6 cm³/mol. The summed E-state index contributed by atoms with van der Waals surface area (Å²) in [7, 11) is 1.99. The van der Waals surface area contributed by atoms with Crippen molar-refractivity contribution >= 4 is 11.3 Å². The number of rotatable bonds is 5. The fourth-order valence-electron chi connectivity index (χ4n) is 2.24. The minimum absolute atomic E-state index is 0.406. The molecule has 1 aromatic rings. The van der Waals surface area contributed by atoms with Gasteiger partial charge in [0.2, 0.25) is 0 Å². The van der Waals surface area contributed by atoms with Crippen LogP contribution in [-0.4, -0.2) is 24.7 Å². The molecule has 2 rings (SSSR count). The number of nitrogens with one attached hydrogen (secondary N) is 1. The Balaban J connectivity index is 2.08. The van der Waals surface area contributed by atoms with Crippen LogP contribution in [0.4, 0.5) is 0 Å². The van der Waals surface area contributed by atoms with Gasteiger partial charge in [0, 0.05) is 24.4 Å². The van der Waals surface area contributed by atoms with Crippen molar-refractivity contribution < 1.29 is 4.74 Å². The number of nitrogens with zero attached hydrogens (tertiary/aromatic N) is 1. The molecule has 0 aliphatic carbocycles. The highest BCUT2D eigenvalue weighted by atomic mass is 32.1. The molecule has 0 spiro atoms. The first kappa shape index (κ1) is 13.0. The Morgan fingerprint density at radius 3 is 2.94 bits per heavy atom. The lowest BCUT2D eigenvalue weighted by Gasteiger charge is -2.05. The van der Waals surface area contributed by atoms with Gasteiger partial charge in [0.05, 0.1) is 16.8 Å². The average molecular weight is 254 g/mol. The Labute approximate surface area is 108 Å². The minimum atomic E-state index is 0.406. The molecule has 96 valence electrons. The molecule has 1 unspecified atom stereocenters. The Kier molecular flexibility index (Phi) is 4.54. The first-order chi connectivity index (χ1) is 8.20. The van der Waals surface area contributed by atoms with Crippen LogP contribution in [0.3, 0.4) is 0 Å². The molecule has 0 amide bonds. The molecule has 0 saturated carbocycles. The Morgan fingerprint density at radius 2 is 2.35 bits per heavy atom. The van der Waals surface area contributed by atoms with Gasteiger partial charge in [0.1, 0.15) is 0 Å². The van der Waals surface area contributed by atoms with E-state index in [-0.39, 0.29) is 0 Å². The molecule has 1 aliphatic heterocycles. The highest BCUT2D eigenvalue weighted by Gasteiger charge is 2.20. The van der Waals surface area contributed by atoms with E-state index in [4.69, 9.17) is 9.72 Å². The van der Waals surface area contributed by atoms with E-state index in [9.17, 15) is 0 Å². The lowest BCUT2D eigenvalue weighted by atomic mass is 10.1. The van der Waals surface area contributed by atoms with Gasteiger partial charge in [-0.15, -0.1) is 11.3 Å². The molecule has 1 aliphatic rings. The van der Waals surface area contributed by atoms with Gasteiger partial charge in [-0.3, -0.25) is 0 Å². The quantitative estimate of drug-likeness (QED) is 0.877. The molecule has 0 bridgehead atoms. The first-order valence-electron chi connectivity index (χ1n) is 6.45. The smallest absolute Gasteiger partial charge is 0.0957 e. The second kappa shape index (κ2) is 5.94. The normalized spacial score (nSPS) is 20.4. The molecule has 4 heteroatoms. The topological polar surface area (TPSA) is 34.1 Å². The molecule has 0 aromatic carbocycles. The largest absolute Gasteiger partial charge is 0.378 e. The Bertz CT molecular complexity index is 356. The molecule has 1 aromatic heterocycles. The zero-order chi connectivity index (χ0) is 12.3. The molecule has 17 heavy (non-hydrogen) atoms. The third-order valence-corrected chi connectivity index (χ3v) is 4.18. The van der Waals surface area contributed by atoms with E-state index < -0.39 is 0 Å². The summed E-state index contributed by atoms with van der Waals surface area (Å²) in [6, 6.07) is 0. The van der Waals surface area contributed by atoms with E-state index in [0.29, 0.717) is 12.0 Å². The molecular formula is C13H22N2OS. The molecule has 0 radical (unpaired) electrons. The van der Waals surface area contributed by atoms with Crippen molar-refractivity contribution in [2.45, 2.75) is 51.7 Å². The standard InChI is InChI=1S/C13H22N2OS/c1-9(2)13-11(8-14-3)17-12(15-13)7-10-5-4-6-16-10/h9-10,14H,4-8H2,1-3H3. The van der Waals surface area contributed by atoms with Gasteiger partial charge in [-0.05, 0) is 25.8 Å². The van der Waals surface area contributed by atoms with E-state index in [1.165, 1.54) is 28.4 Å². The molecule has 1 saturated heterocycles. The summed E-state index contributed by atoms with van der Waals surface area (Å²) in [5, 5.41) is 4.47. The molecule has 2 heterocycles. The number of hydrogen-bond acceptors (Lipinski definition) is 4. The second-order valence-corrected chi connectivity index (χ2v) is 6.11. The summed E-state index contributed by atoms with van der Waals surface area (Å²) >= 11 is 1.85. The van der Waals surface area contributed by atoms with Gasteiger partial charge < -0.3 is 10.1 Å². The average Bonchev–Trinajstić information content (AvgIpc) is 2.89. The number of thiazole rings is 1. The Hall–Kier alpha value is -0.450. The molecule has 3 nitrogen and oxygen atoms in total. The molecule has 1 N–H and O–H groups in total. The fraction of sp³-hybridized carbons (Fsp3) is 0.769. The van der Waals surface area contributed by atoms with Crippen molar-refractivity contribution in [1.82, 2.24) is 10.3 Å². The monoisotopic (exact) mass is 254 g/mol. The maximum absolute atomic E-state index is 5.68. The van der Waals surface area contributed by atoms with Crippen molar-refractivity contribution in [3.63, 3.8) is 0 Å². The number of ether oxygens (including phenoxy) is 1. The zero-order valence-corrected chi connectivity index (χ0v) is 11.8. The van der Waals surface area contributed by atoms with Crippen molar-refractivity contribution in [1.29, 1.82) is 0 Å². The van der Waals surface area contributed by atoms with Crippen LogP contribution in [0.15, 0.2) is 0 Å². The van der Waals surface area contributed by atoms with E-state index in [2.05, 4.69) is 19.2 Å². The third-order valence-electron chi connectivity index (χ3n) is 3.08. The highest BCUT2D eigenvalue weighted by Crippen LogP contribution is 2.27. The third kappa shape index (κ3) is 3.27. The fourth-order valence-corrected chi connectivity index (χ4v) is 3.54. The zero-order valence-electron chi connectivity index (χ0n) is 11.0. The van der Waals surface area contributed by atoms with Crippen LogP contribution in [0, 0.1) is 0 Å². The summed E-state index contributed by atoms with van der Waals surface area (Å²) in [6.07, 6.45) is 3.80. The van der Waals surface area contributed by atoms with Gasteiger partial charge in [-0.2, -0.15) is 0 Å². The van der Waals surface area contributed by atoms with Crippen molar-refractivity contribution in [3.8, 4) is 0 Å². The SMILES string of the molecule is CNCc1sc(CC2CCCO2)nc1C(C)C. The van der Waals surface area contributed by atoms with E-state index in [1.807, 2.05) is 18.4 Å².